The lowest BCUT2D eigenvalue weighted by atomic mass is 10.3. The molecule has 0 aliphatic carbocycles. The average molecular weight is 512 g/mol. The summed E-state index contributed by atoms with van der Waals surface area (Å²) in [4.78, 5) is 17.8. The Labute approximate surface area is 196 Å². The van der Waals surface area contributed by atoms with Gasteiger partial charge in [0.15, 0.2) is 0 Å². The zero-order valence-corrected chi connectivity index (χ0v) is 23.3. The minimum atomic E-state index is -2.12. The van der Waals surface area contributed by atoms with Crippen molar-refractivity contribution in [3.63, 3.8) is 0 Å². The predicted molar refractivity (Wildman–Crippen MR) is 149 cm³/mol. The Morgan fingerprint density at radius 2 is 0.906 bits per heavy atom. The molecule has 2 bridgehead atoms. The van der Waals surface area contributed by atoms with E-state index in [9.17, 15) is 15.1 Å². The molecule has 0 aromatic carbocycles. The van der Waals surface area contributed by atoms with E-state index in [-0.39, 0.29) is 12.7 Å². The fourth-order valence-electron chi connectivity index (χ4n) is 4.32. The largest absolute Gasteiger partial charge is 0.391 e. The summed E-state index contributed by atoms with van der Waals surface area (Å²) < 4.78 is 4.79. The summed E-state index contributed by atoms with van der Waals surface area (Å²) in [6.07, 6.45) is 13.7. The van der Waals surface area contributed by atoms with Crippen molar-refractivity contribution in [2.75, 3.05) is 118 Å². The number of aliphatic hydroxyl groups is 2. The van der Waals surface area contributed by atoms with Gasteiger partial charge in [-0.25, -0.2) is 0 Å². The summed E-state index contributed by atoms with van der Waals surface area (Å²) in [6.45, 7) is 17.3. The van der Waals surface area contributed by atoms with E-state index in [0.29, 0.717) is 6.29 Å². The molecule has 32 heavy (non-hydrogen) atoms. The van der Waals surface area contributed by atoms with Gasteiger partial charge in [-0.1, -0.05) is 18.9 Å². The molecule has 2 rings (SSSR count). The van der Waals surface area contributed by atoms with Gasteiger partial charge in [0.2, 0.25) is 0 Å². The number of hydrogen-bond acceptors (Lipinski definition) is 8. The molecule has 2 aliphatic heterocycles. The molecule has 0 aromatic rings. The van der Waals surface area contributed by atoms with Crippen molar-refractivity contribution in [3.05, 3.63) is 0 Å². The lowest BCUT2D eigenvalue weighted by Gasteiger charge is -2.40. The molecule has 5 unspecified atom stereocenters. The van der Waals surface area contributed by atoms with E-state index >= 15 is 0 Å². The lowest BCUT2D eigenvalue weighted by molar-refractivity contribution is 0.191. The highest BCUT2D eigenvalue weighted by Crippen LogP contribution is 2.46. The van der Waals surface area contributed by atoms with Gasteiger partial charge >= 0.3 is 0 Å². The minimum Gasteiger partial charge on any atom is -0.391 e. The summed E-state index contributed by atoms with van der Waals surface area (Å²) >= 11 is 0. The highest BCUT2D eigenvalue weighted by atomic mass is 31.2. The van der Waals surface area contributed by atoms with Crippen LogP contribution < -0.4 is 0 Å². The van der Waals surface area contributed by atoms with Gasteiger partial charge in [-0.05, 0) is 34.1 Å². The molecule has 2 saturated heterocycles. The van der Waals surface area contributed by atoms with Crippen LogP contribution >= 0.6 is 21.2 Å². The van der Waals surface area contributed by atoms with Crippen molar-refractivity contribution in [3.8, 4) is 0 Å². The second-order valence-electron chi connectivity index (χ2n) is 10.1. The molecular formula is C21H48N5O3P3. The van der Waals surface area contributed by atoms with Gasteiger partial charge in [-0.15, -0.1) is 0 Å². The van der Waals surface area contributed by atoms with Gasteiger partial charge in [0, 0.05) is 91.9 Å². The molecule has 190 valence electrons. The quantitative estimate of drug-likeness (QED) is 0.442. The first-order valence-corrected chi connectivity index (χ1v) is 19.3. The van der Waals surface area contributed by atoms with Gasteiger partial charge in [0.1, 0.15) is 0 Å². The fraction of sp³-hybridized carbons (Fsp3) is 0.857. The van der Waals surface area contributed by atoms with Gasteiger partial charge < -0.3 is 15.1 Å². The number of aliphatic hydroxyl groups excluding tert-OH is 2. The van der Waals surface area contributed by atoms with Crippen molar-refractivity contribution in [2.24, 2.45) is 0 Å². The second kappa shape index (κ2) is 12.5. The average Bonchev–Trinajstić information content (AvgIpc) is 2.78. The molecule has 2 aliphatic rings. The monoisotopic (exact) mass is 511 g/mol. The normalized spacial score (nSPS) is 31.7. The van der Waals surface area contributed by atoms with E-state index in [0.717, 1.165) is 78.5 Å². The third kappa shape index (κ3) is 9.32. The Morgan fingerprint density at radius 3 is 1.25 bits per heavy atom. The summed E-state index contributed by atoms with van der Waals surface area (Å²) in [6, 6.07) is 0. The zero-order valence-electron chi connectivity index (χ0n) is 20.6. The Bertz CT molecular complexity index is 683. The molecule has 0 radical (unpaired) electrons. The van der Waals surface area contributed by atoms with E-state index in [1.807, 2.05) is 6.66 Å². The van der Waals surface area contributed by atoms with E-state index < -0.39 is 21.2 Å². The van der Waals surface area contributed by atoms with Crippen molar-refractivity contribution in [1.82, 2.24) is 24.0 Å². The highest BCUT2D eigenvalue weighted by Gasteiger charge is 2.26. The molecule has 0 spiro atoms. The van der Waals surface area contributed by atoms with Crippen LogP contribution in [-0.4, -0.2) is 176 Å². The third-order valence-corrected chi connectivity index (χ3v) is 12.4. The molecule has 3 N–H and O–H groups in total. The van der Waals surface area contributed by atoms with Crippen molar-refractivity contribution in [1.29, 1.82) is 0 Å². The number of nitrogens with zero attached hydrogens (tertiary/aromatic N) is 5. The second-order valence-corrected chi connectivity index (χ2v) is 20.2. The molecule has 8 nitrogen and oxygen atoms in total. The molecule has 0 saturated carbocycles. The van der Waals surface area contributed by atoms with Crippen LogP contribution in [0.3, 0.4) is 0 Å². The first kappa shape index (κ1) is 28.8. The third-order valence-electron chi connectivity index (χ3n) is 6.64. The van der Waals surface area contributed by atoms with Crippen LogP contribution in [0.4, 0.5) is 0 Å². The Kier molecular flexibility index (Phi) is 11.3. The van der Waals surface area contributed by atoms with Gasteiger partial charge in [0.05, 0.1) is 12.7 Å². The summed E-state index contributed by atoms with van der Waals surface area (Å²) in [7, 11) is -5.77. The molecule has 0 amide bonds. The minimum absolute atomic E-state index is 0.119. The molecular weight excluding hydrogens is 463 g/mol. The van der Waals surface area contributed by atoms with E-state index in [2.05, 4.69) is 56.3 Å². The van der Waals surface area contributed by atoms with Crippen LogP contribution in [-0.2, 0) is 0 Å². The smallest absolute Gasteiger partial charge is 0.0741 e. The van der Waals surface area contributed by atoms with Gasteiger partial charge in [-0.3, -0.25) is 24.0 Å². The van der Waals surface area contributed by atoms with Gasteiger partial charge in [0.25, 0.3) is 0 Å². The number of hydrogen-bond donors (Lipinski definition) is 3. The number of fused-ring (bicyclic) bond motifs is 3. The zero-order chi connectivity index (χ0) is 24.0. The van der Waals surface area contributed by atoms with Crippen molar-refractivity contribution in [2.45, 2.75) is 0 Å². The van der Waals surface area contributed by atoms with Gasteiger partial charge in [-0.2, -0.15) is 0 Å². The Morgan fingerprint density at radius 1 is 0.594 bits per heavy atom. The van der Waals surface area contributed by atoms with Crippen LogP contribution in [0.2, 0.25) is 0 Å². The Balaban J connectivity index is 2.27. The summed E-state index contributed by atoms with van der Waals surface area (Å²) in [5.74, 6) is 0. The first-order chi connectivity index (χ1) is 14.9. The highest BCUT2D eigenvalue weighted by molar-refractivity contribution is 7.71. The summed E-state index contributed by atoms with van der Waals surface area (Å²) in [5.41, 5.74) is 0. The molecule has 5 atom stereocenters. The SMILES string of the molecule is C=P(C)(O)CN1CCN2CCN(CC1)CCN(P(=C)(C)CO)CCN(P(=C)(C)CO)CC2. The summed E-state index contributed by atoms with van der Waals surface area (Å²) in [5, 5.41) is 20.1. The predicted octanol–water partition coefficient (Wildman–Crippen LogP) is 0.356. The molecule has 11 heteroatoms. The molecule has 2 fully saturated rings. The van der Waals surface area contributed by atoms with Crippen LogP contribution in [0.5, 0.6) is 0 Å². The topological polar surface area (TPSA) is 76.9 Å². The van der Waals surface area contributed by atoms with E-state index in [1.165, 1.54) is 0 Å². The maximum Gasteiger partial charge on any atom is 0.0741 e. The van der Waals surface area contributed by atoms with E-state index in [1.54, 1.807) is 0 Å². The maximum atomic E-state index is 10.4. The fourth-order valence-corrected chi connectivity index (χ4v) is 8.11. The maximum absolute atomic E-state index is 10.4. The van der Waals surface area contributed by atoms with Crippen molar-refractivity contribution >= 4 is 40.1 Å². The number of rotatable bonds is 6. The molecule has 2 heterocycles. The van der Waals surface area contributed by atoms with E-state index in [4.69, 9.17) is 0 Å². The van der Waals surface area contributed by atoms with Crippen LogP contribution in [0.15, 0.2) is 0 Å². The molecule has 0 aromatic heterocycles. The standard InChI is InChI=1S/C21H48N5O3P3/c1-30(2,20-27)25-15-13-22-7-8-23(10-12-24(11-9-22)19-32(5,6)29)14-16-26(18-17-25)31(3,4)21-28/h27-29H,1,3,5,7-21H2,2,4,6H3. The Hall–Kier alpha value is 0.580. The van der Waals surface area contributed by atoms with Crippen LogP contribution in [0.25, 0.3) is 0 Å². The lowest BCUT2D eigenvalue weighted by Crippen LogP contribution is -2.45. The van der Waals surface area contributed by atoms with Crippen LogP contribution in [0, 0.1) is 0 Å². The van der Waals surface area contributed by atoms with Crippen molar-refractivity contribution < 1.29 is 15.1 Å². The van der Waals surface area contributed by atoms with Crippen LogP contribution in [0.1, 0.15) is 0 Å². The first-order valence-electron chi connectivity index (χ1n) is 11.6.